The van der Waals surface area contributed by atoms with Crippen LogP contribution in [0.5, 0.6) is 0 Å². The minimum absolute atomic E-state index is 0.0278. The Labute approximate surface area is 49.0 Å². The Balaban J connectivity index is 2.27. The van der Waals surface area contributed by atoms with Gasteiger partial charge in [0.2, 0.25) is 0 Å². The molecule has 1 aliphatic heterocycles. The summed E-state index contributed by atoms with van der Waals surface area (Å²) in [5.74, 6) is 1.05. The Morgan fingerprint density at radius 1 is 1.86 bits per heavy atom. The second kappa shape index (κ2) is 2.15. The number of thioether (sulfide) groups is 1. The normalized spacial score (nSPS) is 34.1. The zero-order valence-corrected chi connectivity index (χ0v) is 5.30. The van der Waals surface area contributed by atoms with Crippen LogP contribution in [0.4, 0.5) is 0 Å². The highest BCUT2D eigenvalue weighted by Gasteiger charge is 2.22. The van der Waals surface area contributed by atoms with Crippen molar-refractivity contribution in [3.63, 3.8) is 0 Å². The van der Waals surface area contributed by atoms with Crippen LogP contribution in [0.2, 0.25) is 0 Å². The van der Waals surface area contributed by atoms with Crippen molar-refractivity contribution in [1.82, 2.24) is 0 Å². The molecule has 1 aliphatic rings. The smallest absolute Gasteiger partial charge is 0.166 e. The third-order valence-corrected chi connectivity index (χ3v) is 3.55. The standard InChI is InChI=1S/C3H6O2S2/c4-7(5)3-1-2-6-3/h3H,1-2H2,(H,4,5). The van der Waals surface area contributed by atoms with Crippen molar-refractivity contribution in [2.45, 2.75) is 11.0 Å². The summed E-state index contributed by atoms with van der Waals surface area (Å²) in [6.07, 6.45) is 0.910. The molecule has 0 aromatic rings. The first-order valence-corrected chi connectivity index (χ1v) is 4.24. The van der Waals surface area contributed by atoms with Crippen molar-refractivity contribution in [3.8, 4) is 0 Å². The molecule has 0 aromatic carbocycles. The van der Waals surface area contributed by atoms with Crippen LogP contribution in [0.3, 0.4) is 0 Å². The zero-order valence-electron chi connectivity index (χ0n) is 3.66. The third-order valence-electron chi connectivity index (χ3n) is 0.882. The second-order valence-corrected chi connectivity index (χ2v) is 4.10. The van der Waals surface area contributed by atoms with Gasteiger partial charge in [0.15, 0.2) is 11.1 Å². The van der Waals surface area contributed by atoms with E-state index >= 15 is 0 Å². The molecule has 2 atom stereocenters. The van der Waals surface area contributed by atoms with E-state index in [0.29, 0.717) is 0 Å². The van der Waals surface area contributed by atoms with Gasteiger partial charge in [-0.05, 0) is 12.2 Å². The summed E-state index contributed by atoms with van der Waals surface area (Å²) in [7, 11) is 0. The summed E-state index contributed by atoms with van der Waals surface area (Å²) >= 11 is 0.00270. The minimum atomic E-state index is -1.56. The number of rotatable bonds is 1. The lowest BCUT2D eigenvalue weighted by Crippen LogP contribution is -2.20. The molecule has 1 saturated heterocycles. The van der Waals surface area contributed by atoms with Crippen LogP contribution in [-0.2, 0) is 11.1 Å². The molecule has 1 rings (SSSR count). The maximum Gasteiger partial charge on any atom is 0.166 e. The molecule has 0 aliphatic carbocycles. The SMILES string of the molecule is O=S(O)C1CCS1. The van der Waals surface area contributed by atoms with Crippen molar-refractivity contribution in [1.29, 1.82) is 0 Å². The van der Waals surface area contributed by atoms with E-state index in [9.17, 15) is 4.21 Å². The zero-order chi connectivity index (χ0) is 5.28. The minimum Gasteiger partial charge on any atom is -0.305 e. The lowest BCUT2D eigenvalue weighted by atomic mass is 10.5. The Morgan fingerprint density at radius 3 is 2.43 bits per heavy atom. The molecular formula is C3H6O2S2. The summed E-state index contributed by atoms with van der Waals surface area (Å²) in [5, 5.41) is 0. The third kappa shape index (κ3) is 1.17. The Kier molecular flexibility index (Phi) is 1.72. The van der Waals surface area contributed by atoms with Crippen molar-refractivity contribution < 1.29 is 8.76 Å². The Morgan fingerprint density at radius 2 is 2.43 bits per heavy atom. The molecule has 0 bridgehead atoms. The Bertz CT molecular complexity index is 88.9. The van der Waals surface area contributed by atoms with Crippen LogP contribution < -0.4 is 0 Å². The van der Waals surface area contributed by atoms with Gasteiger partial charge in [0.05, 0.1) is 0 Å². The van der Waals surface area contributed by atoms with Crippen molar-refractivity contribution in [2.75, 3.05) is 5.75 Å². The van der Waals surface area contributed by atoms with E-state index in [2.05, 4.69) is 0 Å². The van der Waals surface area contributed by atoms with Crippen molar-refractivity contribution in [3.05, 3.63) is 0 Å². The molecule has 1 N–H and O–H groups in total. The van der Waals surface area contributed by atoms with Gasteiger partial charge in [0.1, 0.15) is 4.58 Å². The van der Waals surface area contributed by atoms with E-state index in [1.807, 2.05) is 0 Å². The van der Waals surface area contributed by atoms with Gasteiger partial charge in [-0.15, -0.1) is 11.8 Å². The fourth-order valence-electron chi connectivity index (χ4n) is 0.373. The maximum atomic E-state index is 10.1. The first kappa shape index (κ1) is 5.59. The first-order valence-electron chi connectivity index (χ1n) is 2.02. The summed E-state index contributed by atoms with van der Waals surface area (Å²) in [4.78, 5) is 0. The van der Waals surface area contributed by atoms with Gasteiger partial charge in [0, 0.05) is 0 Å². The van der Waals surface area contributed by atoms with E-state index in [1.54, 1.807) is 11.8 Å². The molecule has 0 spiro atoms. The highest BCUT2D eigenvalue weighted by molar-refractivity contribution is 8.11. The van der Waals surface area contributed by atoms with Crippen LogP contribution in [0.15, 0.2) is 0 Å². The summed E-state index contributed by atoms with van der Waals surface area (Å²) in [6.45, 7) is 0. The van der Waals surface area contributed by atoms with Gasteiger partial charge in [0.25, 0.3) is 0 Å². The van der Waals surface area contributed by atoms with Crippen LogP contribution in [0.1, 0.15) is 6.42 Å². The topological polar surface area (TPSA) is 37.3 Å². The molecule has 7 heavy (non-hydrogen) atoms. The Hall–Kier alpha value is 0.460. The van der Waals surface area contributed by atoms with Crippen LogP contribution in [-0.4, -0.2) is 19.1 Å². The molecule has 42 valence electrons. The number of hydrogen-bond donors (Lipinski definition) is 1. The van der Waals surface area contributed by atoms with E-state index in [0.717, 1.165) is 12.2 Å². The molecule has 1 fully saturated rings. The molecule has 0 radical (unpaired) electrons. The molecule has 0 saturated carbocycles. The predicted octanol–water partition coefficient (Wildman–Crippen LogP) is 0.671. The molecule has 4 heteroatoms. The van der Waals surface area contributed by atoms with Gasteiger partial charge in [-0.2, -0.15) is 0 Å². The van der Waals surface area contributed by atoms with Crippen LogP contribution in [0.25, 0.3) is 0 Å². The quantitative estimate of drug-likeness (QED) is 0.541. The summed E-state index contributed by atoms with van der Waals surface area (Å²) in [6, 6.07) is 0. The fourth-order valence-corrected chi connectivity index (χ4v) is 2.05. The second-order valence-electron chi connectivity index (χ2n) is 1.37. The van der Waals surface area contributed by atoms with Crippen LogP contribution >= 0.6 is 11.8 Å². The van der Waals surface area contributed by atoms with E-state index in [-0.39, 0.29) is 4.58 Å². The van der Waals surface area contributed by atoms with E-state index < -0.39 is 11.1 Å². The average Bonchev–Trinajstić information content (AvgIpc) is 1.23. The molecule has 0 aromatic heterocycles. The first-order chi connectivity index (χ1) is 3.30. The molecule has 1 heterocycles. The average molecular weight is 138 g/mol. The van der Waals surface area contributed by atoms with Gasteiger partial charge in [-0.25, -0.2) is 4.21 Å². The van der Waals surface area contributed by atoms with Gasteiger partial charge in [-0.1, -0.05) is 0 Å². The van der Waals surface area contributed by atoms with Gasteiger partial charge < -0.3 is 4.55 Å². The van der Waals surface area contributed by atoms with E-state index in [1.165, 1.54) is 0 Å². The van der Waals surface area contributed by atoms with E-state index in [4.69, 9.17) is 4.55 Å². The lowest BCUT2D eigenvalue weighted by molar-refractivity contribution is 0.558. The van der Waals surface area contributed by atoms with Crippen molar-refractivity contribution in [2.24, 2.45) is 0 Å². The fraction of sp³-hybridized carbons (Fsp3) is 1.00. The summed E-state index contributed by atoms with van der Waals surface area (Å²) in [5.41, 5.74) is 0. The van der Waals surface area contributed by atoms with Gasteiger partial charge >= 0.3 is 0 Å². The molecule has 2 nitrogen and oxygen atoms in total. The molecule has 0 amide bonds. The number of hydrogen-bond acceptors (Lipinski definition) is 2. The van der Waals surface area contributed by atoms with Crippen molar-refractivity contribution >= 4 is 22.8 Å². The molecular weight excluding hydrogens is 132 g/mol. The monoisotopic (exact) mass is 138 g/mol. The predicted molar refractivity (Wildman–Crippen MR) is 31.6 cm³/mol. The highest BCUT2D eigenvalue weighted by Crippen LogP contribution is 2.29. The largest absolute Gasteiger partial charge is 0.305 e. The maximum absolute atomic E-state index is 10.1. The lowest BCUT2D eigenvalue weighted by Gasteiger charge is -2.19. The molecule has 2 unspecified atom stereocenters. The van der Waals surface area contributed by atoms with Crippen LogP contribution in [0, 0.1) is 0 Å². The summed E-state index contributed by atoms with van der Waals surface area (Å²) < 4.78 is 18.4. The van der Waals surface area contributed by atoms with Gasteiger partial charge in [-0.3, -0.25) is 0 Å². The highest BCUT2D eigenvalue weighted by atomic mass is 32.2.